The van der Waals surface area contributed by atoms with E-state index in [1.807, 2.05) is 13.0 Å². The number of carboxylic acid groups (broad SMARTS) is 1. The Balaban J connectivity index is 2.06. The van der Waals surface area contributed by atoms with Crippen molar-refractivity contribution in [1.82, 2.24) is 9.97 Å². The number of nitrogens with one attached hydrogen (secondary N) is 1. The third-order valence-corrected chi connectivity index (χ3v) is 2.31. The zero-order valence-electron chi connectivity index (χ0n) is 10.3. The molecule has 0 fully saturated rings. The van der Waals surface area contributed by atoms with Gasteiger partial charge in [-0.05, 0) is 25.1 Å². The molecule has 0 saturated heterocycles. The minimum Gasteiger partial charge on any atom is -0.478 e. The first-order valence-electron chi connectivity index (χ1n) is 5.74. The fourth-order valence-corrected chi connectivity index (χ4v) is 1.43. The Morgan fingerprint density at radius 3 is 2.63 bits per heavy atom. The predicted molar refractivity (Wildman–Crippen MR) is 69.9 cm³/mol. The quantitative estimate of drug-likeness (QED) is 0.857. The van der Waals surface area contributed by atoms with Gasteiger partial charge in [0.1, 0.15) is 5.82 Å². The van der Waals surface area contributed by atoms with E-state index in [4.69, 9.17) is 9.84 Å². The highest BCUT2D eigenvalue weighted by atomic mass is 16.5. The highest BCUT2D eigenvalue weighted by Crippen LogP contribution is 2.16. The Morgan fingerprint density at radius 1 is 1.26 bits per heavy atom. The van der Waals surface area contributed by atoms with Gasteiger partial charge in [-0.1, -0.05) is 0 Å². The number of ether oxygens (including phenoxy) is 1. The highest BCUT2D eigenvalue weighted by Gasteiger charge is 2.03. The van der Waals surface area contributed by atoms with Crippen molar-refractivity contribution in [3.05, 3.63) is 42.2 Å². The van der Waals surface area contributed by atoms with Crippen LogP contribution in [0.15, 0.2) is 36.7 Å². The fourth-order valence-electron chi connectivity index (χ4n) is 1.43. The van der Waals surface area contributed by atoms with Crippen molar-refractivity contribution in [2.75, 3.05) is 11.9 Å². The summed E-state index contributed by atoms with van der Waals surface area (Å²) in [5.41, 5.74) is 0.898. The second-order valence-electron chi connectivity index (χ2n) is 3.68. The highest BCUT2D eigenvalue weighted by molar-refractivity contribution is 5.87. The fraction of sp³-hybridized carbons (Fsp3) is 0.154. The molecule has 0 saturated carbocycles. The molecule has 0 bridgehead atoms. The van der Waals surface area contributed by atoms with Gasteiger partial charge in [0.05, 0.1) is 24.1 Å². The van der Waals surface area contributed by atoms with Gasteiger partial charge >= 0.3 is 5.97 Å². The van der Waals surface area contributed by atoms with Crippen LogP contribution in [0, 0.1) is 0 Å². The van der Waals surface area contributed by atoms with Crippen molar-refractivity contribution in [1.29, 1.82) is 0 Å². The van der Waals surface area contributed by atoms with Gasteiger partial charge in [-0.2, -0.15) is 0 Å². The summed E-state index contributed by atoms with van der Waals surface area (Å²) in [6, 6.07) is 6.64. The van der Waals surface area contributed by atoms with Crippen LogP contribution in [0.1, 0.15) is 17.3 Å². The Labute approximate surface area is 110 Å². The number of aromatic nitrogens is 2. The summed E-state index contributed by atoms with van der Waals surface area (Å²) in [5.74, 6) is 0.111. The van der Waals surface area contributed by atoms with Crippen molar-refractivity contribution in [2.24, 2.45) is 0 Å². The summed E-state index contributed by atoms with van der Waals surface area (Å²) in [7, 11) is 0. The summed E-state index contributed by atoms with van der Waals surface area (Å²) >= 11 is 0. The van der Waals surface area contributed by atoms with Crippen molar-refractivity contribution >= 4 is 17.5 Å². The van der Waals surface area contributed by atoms with Gasteiger partial charge in [-0.15, -0.1) is 0 Å². The van der Waals surface area contributed by atoms with Crippen molar-refractivity contribution in [3.8, 4) is 5.88 Å². The Morgan fingerprint density at radius 2 is 2.11 bits per heavy atom. The molecule has 0 aliphatic heterocycles. The first-order valence-corrected chi connectivity index (χ1v) is 5.74. The third-order valence-electron chi connectivity index (χ3n) is 2.31. The van der Waals surface area contributed by atoms with Crippen LogP contribution in [-0.4, -0.2) is 27.7 Å². The van der Waals surface area contributed by atoms with Crippen molar-refractivity contribution < 1.29 is 14.6 Å². The number of hydrogen-bond acceptors (Lipinski definition) is 5. The predicted octanol–water partition coefficient (Wildman–Crippen LogP) is 2.32. The summed E-state index contributed by atoms with van der Waals surface area (Å²) < 4.78 is 5.23. The van der Waals surface area contributed by atoms with Gasteiger partial charge in [-0.25, -0.2) is 14.8 Å². The van der Waals surface area contributed by atoms with E-state index in [0.29, 0.717) is 18.3 Å². The molecule has 98 valence electrons. The lowest BCUT2D eigenvalue weighted by atomic mass is 10.3. The lowest BCUT2D eigenvalue weighted by molar-refractivity contribution is 0.0696. The number of hydrogen-bond donors (Lipinski definition) is 2. The minimum absolute atomic E-state index is 0.148. The van der Waals surface area contributed by atoms with Crippen LogP contribution >= 0.6 is 0 Å². The Kier molecular flexibility index (Phi) is 3.92. The van der Waals surface area contributed by atoms with E-state index in [2.05, 4.69) is 15.3 Å². The first-order chi connectivity index (χ1) is 9.19. The smallest absolute Gasteiger partial charge is 0.337 e. The summed E-state index contributed by atoms with van der Waals surface area (Å²) in [5, 5.41) is 11.8. The molecule has 2 heterocycles. The molecule has 0 aromatic carbocycles. The summed E-state index contributed by atoms with van der Waals surface area (Å²) in [6.45, 7) is 2.46. The molecule has 2 rings (SSSR count). The molecule has 6 heteroatoms. The first kappa shape index (κ1) is 12.8. The van der Waals surface area contributed by atoms with Gasteiger partial charge < -0.3 is 15.2 Å². The molecule has 2 aromatic rings. The number of carboxylic acids is 1. The SMILES string of the molecule is CCOc1ccc(Nc2ccc(C(=O)O)cn2)cn1. The normalized spacial score (nSPS) is 9.95. The average Bonchev–Trinajstić information content (AvgIpc) is 2.42. The Bertz CT molecular complexity index is 552. The van der Waals surface area contributed by atoms with Gasteiger partial charge in [0.25, 0.3) is 0 Å². The molecular weight excluding hydrogens is 246 g/mol. The molecule has 6 nitrogen and oxygen atoms in total. The molecule has 0 aliphatic rings. The molecule has 0 atom stereocenters. The molecule has 0 unspecified atom stereocenters. The largest absolute Gasteiger partial charge is 0.478 e. The number of pyridine rings is 2. The zero-order chi connectivity index (χ0) is 13.7. The van der Waals surface area contributed by atoms with Crippen molar-refractivity contribution in [3.63, 3.8) is 0 Å². The summed E-state index contributed by atoms with van der Waals surface area (Å²) in [4.78, 5) is 18.8. The third kappa shape index (κ3) is 3.41. The standard InChI is InChI=1S/C13H13N3O3/c1-2-19-12-6-4-10(8-15-12)16-11-5-3-9(7-14-11)13(17)18/h3-8H,2H2,1H3,(H,14,16)(H,17,18). The summed E-state index contributed by atoms with van der Waals surface area (Å²) in [6.07, 6.45) is 2.92. The molecule has 0 aliphatic carbocycles. The van der Waals surface area contributed by atoms with E-state index < -0.39 is 5.97 Å². The number of anilines is 2. The van der Waals surface area contributed by atoms with Crippen LogP contribution in [0.5, 0.6) is 5.88 Å². The number of carbonyl (C=O) groups is 1. The number of rotatable bonds is 5. The van der Waals surface area contributed by atoms with E-state index in [-0.39, 0.29) is 5.56 Å². The topological polar surface area (TPSA) is 84.3 Å². The molecule has 0 radical (unpaired) electrons. The van der Waals surface area contributed by atoms with E-state index in [1.54, 1.807) is 18.3 Å². The van der Waals surface area contributed by atoms with Crippen LogP contribution < -0.4 is 10.1 Å². The van der Waals surface area contributed by atoms with E-state index in [0.717, 1.165) is 5.69 Å². The van der Waals surface area contributed by atoms with Crippen LogP contribution in [-0.2, 0) is 0 Å². The van der Waals surface area contributed by atoms with Gasteiger partial charge in [0.15, 0.2) is 0 Å². The Hall–Kier alpha value is -2.63. The van der Waals surface area contributed by atoms with Crippen LogP contribution in [0.2, 0.25) is 0 Å². The van der Waals surface area contributed by atoms with Crippen LogP contribution in [0.4, 0.5) is 11.5 Å². The van der Waals surface area contributed by atoms with Gasteiger partial charge in [0, 0.05) is 12.3 Å². The lowest BCUT2D eigenvalue weighted by Crippen LogP contribution is -2.00. The van der Waals surface area contributed by atoms with Gasteiger partial charge in [0.2, 0.25) is 5.88 Å². The van der Waals surface area contributed by atoms with Crippen molar-refractivity contribution in [2.45, 2.75) is 6.92 Å². The van der Waals surface area contributed by atoms with Gasteiger partial charge in [-0.3, -0.25) is 0 Å². The van der Waals surface area contributed by atoms with E-state index in [1.165, 1.54) is 12.3 Å². The number of nitrogens with zero attached hydrogens (tertiary/aromatic N) is 2. The van der Waals surface area contributed by atoms with E-state index in [9.17, 15) is 4.79 Å². The zero-order valence-corrected chi connectivity index (χ0v) is 10.3. The maximum absolute atomic E-state index is 10.7. The monoisotopic (exact) mass is 259 g/mol. The lowest BCUT2D eigenvalue weighted by Gasteiger charge is -2.06. The molecule has 0 spiro atoms. The number of aromatic carboxylic acids is 1. The average molecular weight is 259 g/mol. The molecule has 2 aromatic heterocycles. The minimum atomic E-state index is -0.998. The molecule has 19 heavy (non-hydrogen) atoms. The second kappa shape index (κ2) is 5.81. The van der Waals surface area contributed by atoms with Crippen LogP contribution in [0.25, 0.3) is 0 Å². The molecule has 0 amide bonds. The maximum Gasteiger partial charge on any atom is 0.337 e. The van der Waals surface area contributed by atoms with E-state index >= 15 is 0 Å². The van der Waals surface area contributed by atoms with Crippen LogP contribution in [0.3, 0.4) is 0 Å². The molecular formula is C13H13N3O3. The second-order valence-corrected chi connectivity index (χ2v) is 3.68. The maximum atomic E-state index is 10.7. The molecule has 2 N–H and O–H groups in total.